The van der Waals surface area contributed by atoms with E-state index in [1.807, 2.05) is 79.9 Å². The molecule has 2 heterocycles. The summed E-state index contributed by atoms with van der Waals surface area (Å²) in [6.07, 6.45) is 1.60. The van der Waals surface area contributed by atoms with Crippen molar-refractivity contribution in [1.29, 1.82) is 0 Å². The molecule has 0 saturated heterocycles. The zero-order valence-electron chi connectivity index (χ0n) is 16.2. The fraction of sp³-hybridized carbons (Fsp3) is 0.136. The molecule has 5 nitrogen and oxygen atoms in total. The Balaban J connectivity index is 1.74. The second-order valence-electron chi connectivity index (χ2n) is 6.98. The molecule has 0 aliphatic heterocycles. The smallest absolute Gasteiger partial charge is 0.265 e. The van der Waals surface area contributed by atoms with Crippen molar-refractivity contribution in [3.05, 3.63) is 88.9 Å². The third-order valence-corrected chi connectivity index (χ3v) is 6.69. The number of sulfonamides is 1. The fourth-order valence-electron chi connectivity index (χ4n) is 3.28. The van der Waals surface area contributed by atoms with Crippen LogP contribution >= 0.6 is 11.3 Å². The summed E-state index contributed by atoms with van der Waals surface area (Å²) in [4.78, 5) is 0.993. The highest BCUT2D eigenvalue weighted by molar-refractivity contribution is 7.92. The van der Waals surface area contributed by atoms with E-state index in [4.69, 9.17) is 0 Å². The van der Waals surface area contributed by atoms with E-state index in [2.05, 4.69) is 9.82 Å². The van der Waals surface area contributed by atoms with Crippen LogP contribution < -0.4 is 4.72 Å². The van der Waals surface area contributed by atoms with Crippen molar-refractivity contribution in [2.75, 3.05) is 4.72 Å². The highest BCUT2D eigenvalue weighted by Crippen LogP contribution is 2.31. The number of nitrogens with zero attached hydrogens (tertiary/aromatic N) is 2. The predicted molar refractivity (Wildman–Crippen MR) is 118 cm³/mol. The number of hydrogen-bond donors (Lipinski definition) is 1. The lowest BCUT2D eigenvalue weighted by Gasteiger charge is -2.09. The number of hydrogen-bond acceptors (Lipinski definition) is 4. The van der Waals surface area contributed by atoms with Crippen molar-refractivity contribution in [2.24, 2.45) is 0 Å². The zero-order valence-corrected chi connectivity index (χ0v) is 17.8. The Morgan fingerprint density at radius 3 is 2.38 bits per heavy atom. The van der Waals surface area contributed by atoms with Crippen molar-refractivity contribution in [3.63, 3.8) is 0 Å². The first kappa shape index (κ1) is 19.4. The van der Waals surface area contributed by atoms with E-state index in [1.165, 1.54) is 11.3 Å². The SMILES string of the molecule is Cc1cc(C)cc(NS(=O)(=O)c2cn(Cc3ccccc3)nc2-c2cccs2)c1. The third kappa shape index (κ3) is 4.41. The molecule has 0 fully saturated rings. The number of anilines is 1. The third-order valence-electron chi connectivity index (χ3n) is 4.43. The molecular formula is C22H21N3O2S2. The summed E-state index contributed by atoms with van der Waals surface area (Å²) >= 11 is 1.47. The van der Waals surface area contributed by atoms with E-state index < -0.39 is 10.0 Å². The fourth-order valence-corrected chi connectivity index (χ4v) is 5.27. The first-order valence-electron chi connectivity index (χ1n) is 9.17. The zero-order chi connectivity index (χ0) is 20.4. The number of benzene rings is 2. The van der Waals surface area contributed by atoms with Crippen LogP contribution in [0.15, 0.2) is 77.1 Å². The molecule has 0 saturated carbocycles. The number of thiophene rings is 1. The van der Waals surface area contributed by atoms with Crippen molar-refractivity contribution in [1.82, 2.24) is 9.78 Å². The Kier molecular flexibility index (Phi) is 5.25. The van der Waals surface area contributed by atoms with Crippen molar-refractivity contribution in [3.8, 4) is 10.6 Å². The molecule has 0 unspecified atom stereocenters. The monoisotopic (exact) mass is 423 g/mol. The van der Waals surface area contributed by atoms with Crippen LogP contribution in [0.4, 0.5) is 5.69 Å². The average molecular weight is 424 g/mol. The molecule has 0 aliphatic rings. The molecule has 0 bridgehead atoms. The van der Waals surface area contributed by atoms with Crippen molar-refractivity contribution >= 4 is 27.0 Å². The van der Waals surface area contributed by atoms with Gasteiger partial charge >= 0.3 is 0 Å². The summed E-state index contributed by atoms with van der Waals surface area (Å²) in [5.74, 6) is 0. The van der Waals surface area contributed by atoms with Crippen LogP contribution in [0.3, 0.4) is 0 Å². The first-order chi connectivity index (χ1) is 13.9. The lowest BCUT2D eigenvalue weighted by atomic mass is 10.1. The van der Waals surface area contributed by atoms with Gasteiger partial charge in [0.05, 0.1) is 11.4 Å². The molecule has 2 aromatic carbocycles. The maximum Gasteiger partial charge on any atom is 0.265 e. The van der Waals surface area contributed by atoms with Gasteiger partial charge in [-0.25, -0.2) is 8.42 Å². The number of rotatable bonds is 6. The number of aromatic nitrogens is 2. The predicted octanol–water partition coefficient (Wildman–Crippen LogP) is 5.08. The Hall–Kier alpha value is -2.90. The van der Waals surface area contributed by atoms with Gasteiger partial charge in [-0.2, -0.15) is 5.10 Å². The van der Waals surface area contributed by atoms with Gasteiger partial charge in [0.25, 0.3) is 10.0 Å². The van der Waals surface area contributed by atoms with E-state index in [9.17, 15) is 8.42 Å². The van der Waals surface area contributed by atoms with Crippen molar-refractivity contribution < 1.29 is 8.42 Å². The topological polar surface area (TPSA) is 64.0 Å². The maximum absolute atomic E-state index is 13.2. The molecular weight excluding hydrogens is 402 g/mol. The van der Waals surface area contributed by atoms with Gasteiger partial charge in [0.15, 0.2) is 0 Å². The van der Waals surface area contributed by atoms with Gasteiger partial charge in [-0.1, -0.05) is 42.5 Å². The molecule has 2 aromatic heterocycles. The van der Waals surface area contributed by atoms with E-state index in [0.717, 1.165) is 21.6 Å². The first-order valence-corrected chi connectivity index (χ1v) is 11.5. The summed E-state index contributed by atoms with van der Waals surface area (Å²) in [6, 6.07) is 19.3. The standard InChI is InChI=1S/C22H21N3O2S2/c1-16-11-17(2)13-19(12-16)24-29(26,27)21-15-25(14-18-7-4-3-5-8-18)23-22(21)20-9-6-10-28-20/h3-13,15,24H,14H2,1-2H3. The maximum atomic E-state index is 13.2. The minimum absolute atomic E-state index is 0.176. The Morgan fingerprint density at radius 1 is 1.00 bits per heavy atom. The highest BCUT2D eigenvalue weighted by Gasteiger charge is 2.24. The molecule has 0 spiro atoms. The number of nitrogens with one attached hydrogen (secondary N) is 1. The van der Waals surface area contributed by atoms with Gasteiger partial charge in [0.1, 0.15) is 10.6 Å². The molecule has 7 heteroatoms. The van der Waals surface area contributed by atoms with Gasteiger partial charge in [-0.3, -0.25) is 9.40 Å². The minimum Gasteiger partial charge on any atom is -0.279 e. The van der Waals surface area contributed by atoms with Crippen LogP contribution in [0, 0.1) is 13.8 Å². The van der Waals surface area contributed by atoms with Crippen LogP contribution in [-0.4, -0.2) is 18.2 Å². The van der Waals surface area contributed by atoms with Gasteiger partial charge < -0.3 is 0 Å². The molecule has 4 rings (SSSR count). The summed E-state index contributed by atoms with van der Waals surface area (Å²) in [7, 11) is -3.80. The number of aryl methyl sites for hydroxylation is 2. The minimum atomic E-state index is -3.80. The summed E-state index contributed by atoms with van der Waals surface area (Å²) in [5.41, 5.74) is 4.07. The van der Waals surface area contributed by atoms with E-state index in [0.29, 0.717) is 17.9 Å². The molecule has 148 valence electrons. The van der Waals surface area contributed by atoms with Crippen LogP contribution in [0.1, 0.15) is 16.7 Å². The van der Waals surface area contributed by atoms with Gasteiger partial charge in [0.2, 0.25) is 0 Å². The lowest BCUT2D eigenvalue weighted by Crippen LogP contribution is -2.13. The Morgan fingerprint density at radius 2 is 1.72 bits per heavy atom. The Labute approximate surface area is 174 Å². The lowest BCUT2D eigenvalue weighted by molar-refractivity contribution is 0.601. The second kappa shape index (κ2) is 7.85. The van der Waals surface area contributed by atoms with Crippen molar-refractivity contribution in [2.45, 2.75) is 25.3 Å². The summed E-state index contributed by atoms with van der Waals surface area (Å²) in [6.45, 7) is 4.39. The van der Waals surface area contributed by atoms with Crippen LogP contribution in [0.2, 0.25) is 0 Å². The summed E-state index contributed by atoms with van der Waals surface area (Å²) < 4.78 is 30.9. The molecule has 0 aliphatic carbocycles. The van der Waals surface area contributed by atoms with Gasteiger partial charge in [-0.05, 0) is 54.1 Å². The largest absolute Gasteiger partial charge is 0.279 e. The van der Waals surface area contributed by atoms with Gasteiger partial charge in [0, 0.05) is 11.9 Å². The molecule has 0 radical (unpaired) electrons. The second-order valence-corrected chi connectivity index (χ2v) is 9.58. The quantitative estimate of drug-likeness (QED) is 0.470. The highest BCUT2D eigenvalue weighted by atomic mass is 32.2. The van der Waals surface area contributed by atoms with E-state index >= 15 is 0 Å². The normalized spacial score (nSPS) is 11.5. The van der Waals surface area contributed by atoms with Crippen LogP contribution in [0.5, 0.6) is 0 Å². The Bertz CT molecular complexity index is 1210. The summed E-state index contributed by atoms with van der Waals surface area (Å²) in [5, 5.41) is 6.51. The van der Waals surface area contributed by atoms with Gasteiger partial charge in [-0.15, -0.1) is 11.3 Å². The van der Waals surface area contributed by atoms with Crippen LogP contribution in [-0.2, 0) is 16.6 Å². The molecule has 0 amide bonds. The van der Waals surface area contributed by atoms with Crippen LogP contribution in [0.25, 0.3) is 10.6 Å². The molecule has 4 aromatic rings. The average Bonchev–Trinajstić information content (AvgIpc) is 3.31. The molecule has 29 heavy (non-hydrogen) atoms. The molecule has 1 N–H and O–H groups in total. The molecule has 0 atom stereocenters. The van der Waals surface area contributed by atoms with E-state index in [1.54, 1.807) is 10.9 Å². The van der Waals surface area contributed by atoms with E-state index in [-0.39, 0.29) is 4.90 Å².